The van der Waals surface area contributed by atoms with Crippen LogP contribution in [0.3, 0.4) is 0 Å². The Labute approximate surface area is 167 Å². The van der Waals surface area contributed by atoms with E-state index in [9.17, 15) is 8.42 Å². The Morgan fingerprint density at radius 1 is 1.15 bits per heavy atom. The number of nitrogens with one attached hydrogen (secondary N) is 1. The Balaban J connectivity index is 1.88. The van der Waals surface area contributed by atoms with Crippen LogP contribution in [0.15, 0.2) is 59.5 Å². The van der Waals surface area contributed by atoms with Gasteiger partial charge in [0.05, 0.1) is 16.3 Å². The second kappa shape index (κ2) is 8.50. The van der Waals surface area contributed by atoms with Crippen molar-refractivity contribution in [2.45, 2.75) is 43.0 Å². The van der Waals surface area contributed by atoms with Gasteiger partial charge in [-0.3, -0.25) is 4.31 Å². The molecule has 1 unspecified atom stereocenters. The minimum atomic E-state index is -3.64. The van der Waals surface area contributed by atoms with E-state index >= 15 is 0 Å². The van der Waals surface area contributed by atoms with Crippen LogP contribution < -0.4 is 9.73 Å². The maximum Gasteiger partial charge on any atom is 0.264 e. The molecule has 5 nitrogen and oxygen atoms in total. The van der Waals surface area contributed by atoms with Crippen molar-refractivity contribution < 1.29 is 8.42 Å². The van der Waals surface area contributed by atoms with Gasteiger partial charge in [-0.05, 0) is 57.0 Å². The zero-order valence-electron chi connectivity index (χ0n) is 15.7. The Kier molecular flexibility index (Phi) is 6.29. The molecule has 0 amide bonds. The topological polar surface area (TPSA) is 52.6 Å². The van der Waals surface area contributed by atoms with Gasteiger partial charge in [0, 0.05) is 24.5 Å². The van der Waals surface area contributed by atoms with Gasteiger partial charge < -0.3 is 5.43 Å². The first kappa shape index (κ1) is 20.0. The monoisotopic (exact) mass is 407 g/mol. The molecule has 1 saturated heterocycles. The summed E-state index contributed by atoms with van der Waals surface area (Å²) in [5.41, 5.74) is 4.86. The molecule has 0 saturated carbocycles. The van der Waals surface area contributed by atoms with Crippen LogP contribution in [0, 0.1) is 0 Å². The van der Waals surface area contributed by atoms with Crippen molar-refractivity contribution in [3.8, 4) is 0 Å². The summed E-state index contributed by atoms with van der Waals surface area (Å²) in [6.07, 6.45) is 2.07. The highest BCUT2D eigenvalue weighted by Gasteiger charge is 2.27. The van der Waals surface area contributed by atoms with E-state index in [2.05, 4.69) is 10.4 Å². The highest BCUT2D eigenvalue weighted by molar-refractivity contribution is 7.92. The number of hydrogen-bond donors (Lipinski definition) is 1. The van der Waals surface area contributed by atoms with Crippen molar-refractivity contribution in [3.05, 3.63) is 54.6 Å². The molecule has 7 heteroatoms. The summed E-state index contributed by atoms with van der Waals surface area (Å²) in [5.74, 6) is 0. The molecular weight excluding hydrogens is 382 g/mol. The first-order valence-corrected chi connectivity index (χ1v) is 11.1. The number of benzene rings is 2. The quantitative estimate of drug-likeness (QED) is 0.724. The summed E-state index contributed by atoms with van der Waals surface area (Å²) in [7, 11) is -3.64. The first-order chi connectivity index (χ1) is 12.9. The van der Waals surface area contributed by atoms with E-state index in [-0.39, 0.29) is 16.3 Å². The lowest BCUT2D eigenvalue weighted by Crippen LogP contribution is -2.40. The third kappa shape index (κ3) is 4.75. The van der Waals surface area contributed by atoms with E-state index in [1.54, 1.807) is 24.3 Å². The van der Waals surface area contributed by atoms with Gasteiger partial charge in [-0.2, -0.15) is 0 Å². The summed E-state index contributed by atoms with van der Waals surface area (Å²) in [6.45, 7) is 5.44. The molecule has 0 aliphatic carbocycles. The summed E-state index contributed by atoms with van der Waals surface area (Å²) in [4.78, 5) is 0.290. The fourth-order valence-corrected chi connectivity index (χ4v) is 5.34. The van der Waals surface area contributed by atoms with Crippen molar-refractivity contribution in [3.63, 3.8) is 0 Å². The minimum Gasteiger partial charge on any atom is -0.319 e. The number of rotatable bonds is 6. The highest BCUT2D eigenvalue weighted by atomic mass is 35.5. The SMILES string of the molecule is CC(C)N(c1cccc(NN2CCCC(Cl)C2)c1)S(=O)(=O)c1ccccc1. The first-order valence-electron chi connectivity index (χ1n) is 9.23. The molecule has 1 fully saturated rings. The average Bonchev–Trinajstić information content (AvgIpc) is 2.62. The number of hydrazine groups is 1. The smallest absolute Gasteiger partial charge is 0.264 e. The lowest BCUT2D eigenvalue weighted by molar-refractivity contribution is 0.277. The van der Waals surface area contributed by atoms with E-state index in [0.29, 0.717) is 5.69 Å². The van der Waals surface area contributed by atoms with Crippen molar-refractivity contribution in [1.82, 2.24) is 5.01 Å². The Hall–Kier alpha value is -1.76. The molecule has 146 valence electrons. The van der Waals surface area contributed by atoms with Gasteiger partial charge in [0.1, 0.15) is 0 Å². The van der Waals surface area contributed by atoms with Crippen molar-refractivity contribution >= 4 is 33.0 Å². The summed E-state index contributed by atoms with van der Waals surface area (Å²) in [6, 6.07) is 15.8. The van der Waals surface area contributed by atoms with Gasteiger partial charge in [0.25, 0.3) is 10.0 Å². The van der Waals surface area contributed by atoms with Gasteiger partial charge in [-0.25, -0.2) is 13.4 Å². The zero-order valence-corrected chi connectivity index (χ0v) is 17.2. The second-order valence-electron chi connectivity index (χ2n) is 7.06. The number of hydrogen-bond acceptors (Lipinski definition) is 4. The number of anilines is 2. The molecule has 0 spiro atoms. The number of alkyl halides is 1. The summed E-state index contributed by atoms with van der Waals surface area (Å²) < 4.78 is 27.9. The minimum absolute atomic E-state index is 0.139. The predicted molar refractivity (Wildman–Crippen MR) is 112 cm³/mol. The molecule has 0 radical (unpaired) electrons. The Morgan fingerprint density at radius 3 is 2.56 bits per heavy atom. The number of nitrogens with zero attached hydrogens (tertiary/aromatic N) is 2. The third-order valence-corrected chi connectivity index (χ3v) is 6.90. The average molecular weight is 408 g/mol. The molecule has 0 aromatic heterocycles. The highest BCUT2D eigenvalue weighted by Crippen LogP contribution is 2.28. The van der Waals surface area contributed by atoms with Gasteiger partial charge in [0.15, 0.2) is 0 Å². The largest absolute Gasteiger partial charge is 0.319 e. The van der Waals surface area contributed by atoms with E-state index < -0.39 is 10.0 Å². The zero-order chi connectivity index (χ0) is 19.4. The van der Waals surface area contributed by atoms with Crippen molar-refractivity contribution in [1.29, 1.82) is 0 Å². The standard InChI is InChI=1S/C20H26ClN3O2S/c1-16(2)24(27(25,26)20-11-4-3-5-12-20)19-10-6-9-18(14-19)22-23-13-7-8-17(21)15-23/h3-6,9-12,14,16-17,22H,7-8,13,15H2,1-2H3. The van der Waals surface area contributed by atoms with E-state index in [1.165, 1.54) is 4.31 Å². The second-order valence-corrected chi connectivity index (χ2v) is 9.49. The molecule has 0 bridgehead atoms. The van der Waals surface area contributed by atoms with Crippen LogP contribution in [0.1, 0.15) is 26.7 Å². The molecule has 1 aliphatic heterocycles. The third-order valence-electron chi connectivity index (χ3n) is 4.52. The summed E-state index contributed by atoms with van der Waals surface area (Å²) in [5, 5.41) is 2.23. The van der Waals surface area contributed by atoms with Crippen LogP contribution in [-0.4, -0.2) is 37.9 Å². The Morgan fingerprint density at radius 2 is 1.89 bits per heavy atom. The molecule has 1 atom stereocenters. The maximum absolute atomic E-state index is 13.2. The van der Waals surface area contributed by atoms with Crippen LogP contribution in [0.25, 0.3) is 0 Å². The van der Waals surface area contributed by atoms with Crippen molar-refractivity contribution in [2.75, 3.05) is 22.8 Å². The van der Waals surface area contributed by atoms with Crippen molar-refractivity contribution in [2.24, 2.45) is 0 Å². The van der Waals surface area contributed by atoms with Crippen LogP contribution in [-0.2, 0) is 10.0 Å². The van der Waals surface area contributed by atoms with Gasteiger partial charge in [0.2, 0.25) is 0 Å². The number of sulfonamides is 1. The molecule has 1 aliphatic rings. The lowest BCUT2D eigenvalue weighted by Gasteiger charge is -2.32. The van der Waals surface area contributed by atoms with Crippen LogP contribution in [0.4, 0.5) is 11.4 Å². The lowest BCUT2D eigenvalue weighted by atomic mass is 10.1. The fourth-order valence-electron chi connectivity index (χ4n) is 3.34. The molecule has 1 heterocycles. The van der Waals surface area contributed by atoms with Crippen LogP contribution in [0.2, 0.25) is 0 Å². The van der Waals surface area contributed by atoms with Crippen LogP contribution >= 0.6 is 11.6 Å². The summed E-state index contributed by atoms with van der Waals surface area (Å²) >= 11 is 6.26. The van der Waals surface area contributed by atoms with Gasteiger partial charge in [-0.15, -0.1) is 11.6 Å². The predicted octanol–water partition coefficient (Wildman–Crippen LogP) is 4.32. The van der Waals surface area contributed by atoms with E-state index in [0.717, 1.165) is 31.6 Å². The van der Waals surface area contributed by atoms with E-state index in [1.807, 2.05) is 44.2 Å². The molecule has 27 heavy (non-hydrogen) atoms. The van der Waals surface area contributed by atoms with Gasteiger partial charge in [-0.1, -0.05) is 24.3 Å². The molecular formula is C20H26ClN3O2S. The number of piperidine rings is 1. The molecule has 3 rings (SSSR count). The molecule has 1 N–H and O–H groups in total. The normalized spacial score (nSPS) is 18.4. The van der Waals surface area contributed by atoms with Gasteiger partial charge >= 0.3 is 0 Å². The maximum atomic E-state index is 13.2. The molecule has 2 aromatic rings. The Bertz CT molecular complexity index is 859. The van der Waals surface area contributed by atoms with Crippen LogP contribution in [0.5, 0.6) is 0 Å². The van der Waals surface area contributed by atoms with E-state index in [4.69, 9.17) is 11.6 Å². The fraction of sp³-hybridized carbons (Fsp3) is 0.400. The molecule has 2 aromatic carbocycles. The number of halogens is 1.